The van der Waals surface area contributed by atoms with Gasteiger partial charge in [-0.15, -0.1) is 209 Å². The first-order valence-corrected chi connectivity index (χ1v) is 53.1. The third kappa shape index (κ3) is 52.1. The normalized spacial score (nSPS) is 46.6. The lowest BCUT2D eigenvalue weighted by Crippen LogP contribution is -2.35. The zero-order valence-corrected chi connectivity index (χ0v) is 84.6. The monoisotopic (exact) mass is 2420 g/mol. The van der Waals surface area contributed by atoms with Gasteiger partial charge in [0.05, 0.1) is 67.5 Å². The Morgan fingerprint density at radius 1 is 0.222 bits per heavy atom. The van der Waals surface area contributed by atoms with Gasteiger partial charge in [0, 0.05) is 380 Å². The molecule has 0 aromatic rings. The molecule has 9 unspecified atom stereocenters. The summed E-state index contributed by atoms with van der Waals surface area (Å²) in [7, 11) is -42.6. The fourth-order valence-corrected chi connectivity index (χ4v) is 22.4. The Bertz CT molecular complexity index is 7070. The van der Waals surface area contributed by atoms with Gasteiger partial charge in [-0.1, -0.05) is 0 Å². The van der Waals surface area contributed by atoms with Gasteiger partial charge in [-0.05, 0) is 57.5 Å². The molecule has 756 valence electrons. The molecule has 9 fully saturated rings. The average molecular weight is 2430 g/mol. The third-order valence-corrected chi connectivity index (χ3v) is 30.2. The molecule has 9 heterocycles. The van der Waals surface area contributed by atoms with E-state index in [0.717, 1.165) is 0 Å². The highest BCUT2D eigenvalue weighted by Gasteiger charge is 2.41. The van der Waals surface area contributed by atoms with Crippen LogP contribution in [0.25, 0.3) is 0 Å². The maximum Gasteiger partial charge on any atom is 0.343 e. The highest BCUT2D eigenvalue weighted by atomic mass is 35.5. The number of nitrogens with one attached hydrogen (secondary N) is 9. The molecule has 0 bridgehead atoms. The first-order chi connectivity index (χ1) is 90.0. The first kappa shape index (κ1) is 49.1. The van der Waals surface area contributed by atoms with E-state index in [-0.39, 0.29) is 98.4 Å². The fourth-order valence-electron chi connectivity index (χ4n) is 7.16. The van der Waals surface area contributed by atoms with Crippen molar-refractivity contribution >= 4 is 278 Å². The highest BCUT2D eigenvalue weighted by Crippen LogP contribution is 2.55. The van der Waals surface area contributed by atoms with E-state index < -0.39 is 413 Å². The van der Waals surface area contributed by atoms with Crippen LogP contribution in [0, 0.1) is 0 Å². The van der Waals surface area contributed by atoms with Crippen LogP contribution < -0.4 is 45.8 Å². The van der Waals surface area contributed by atoms with E-state index in [0.29, 0.717) is 22.6 Å². The molecule has 126 heavy (non-hydrogen) atoms. The van der Waals surface area contributed by atoms with E-state index >= 15 is 0 Å². The topological polar surface area (TPSA) is 374 Å². The van der Waals surface area contributed by atoms with Crippen molar-refractivity contribution in [1.29, 1.82) is 0 Å². The molecule has 9 atom stereocenters. The van der Waals surface area contributed by atoms with Gasteiger partial charge >= 0.3 is 69.0 Å². The van der Waals surface area contributed by atoms with Crippen molar-refractivity contribution in [2.24, 2.45) is 0 Å². The zero-order valence-electron chi connectivity index (χ0n) is 146. The van der Waals surface area contributed by atoms with Gasteiger partial charge in [0.2, 0.25) is 0 Å². The minimum absolute atomic E-state index is 0.000426. The highest BCUT2D eigenvalue weighted by molar-refractivity contribution is 7.57. The Labute approximate surface area is 956 Å². The lowest BCUT2D eigenvalue weighted by Gasteiger charge is -2.33. The van der Waals surface area contributed by atoms with E-state index in [1.54, 1.807) is 0 Å². The zero-order chi connectivity index (χ0) is 168. The van der Waals surface area contributed by atoms with Crippen molar-refractivity contribution in [2.45, 2.75) is 57.5 Å². The van der Waals surface area contributed by atoms with E-state index in [2.05, 4.69) is 23.7 Å². The molecule has 9 aliphatic rings. The van der Waals surface area contributed by atoms with Crippen molar-refractivity contribution in [2.75, 3.05) is 340 Å². The second kappa shape index (κ2) is 78.6. The van der Waals surface area contributed by atoms with Crippen molar-refractivity contribution in [3.8, 4) is 0 Å². The summed E-state index contributed by atoms with van der Waals surface area (Å²) in [5, 5.41) is 7.85. The minimum atomic E-state index is -5.63. The molecule has 36 nitrogen and oxygen atoms in total. The molecule has 9 aliphatic heterocycles. The second-order valence-electron chi connectivity index (χ2n) is 19.9. The number of nitrogens with zero attached hydrogens (tertiary/aromatic N) is 9. The van der Waals surface area contributed by atoms with Gasteiger partial charge in [-0.2, -0.15) is 0 Å². The summed E-state index contributed by atoms with van der Waals surface area (Å²) < 4.78 is 783. The van der Waals surface area contributed by atoms with Crippen LogP contribution in [0.1, 0.15) is 164 Å². The smallest absolute Gasteiger partial charge is 0.306 e. The van der Waals surface area contributed by atoms with Crippen LogP contribution in [0.4, 0.5) is 0 Å². The van der Waals surface area contributed by atoms with E-state index in [1.165, 1.54) is 5.09 Å². The van der Waals surface area contributed by atoms with Crippen LogP contribution in [-0.4, -0.2) is 382 Å². The number of hydrogen-bond acceptors (Lipinski definition) is 18. The third-order valence-electron chi connectivity index (χ3n) is 12.3. The van der Waals surface area contributed by atoms with Crippen LogP contribution in [0.5, 0.6) is 0 Å². The summed E-state index contributed by atoms with van der Waals surface area (Å²) in [6.07, 6.45) is -13.2. The molecule has 0 aromatic carbocycles. The van der Waals surface area contributed by atoms with Gasteiger partial charge in [0.15, 0.2) is 0 Å². The molecule has 9 rings (SSSR count). The van der Waals surface area contributed by atoms with E-state index in [1.807, 2.05) is 5.09 Å². The molecule has 0 aliphatic carbocycles. The number of rotatable bonds is 45. The molecule has 0 aromatic heterocycles. The molecular weight excluding hydrogens is 2210 g/mol. The quantitative estimate of drug-likeness (QED) is 0.0202. The van der Waals surface area contributed by atoms with E-state index in [9.17, 15) is 41.1 Å². The average Bonchev–Trinajstić information content (AvgIpc) is 0.686. The second-order valence-corrected chi connectivity index (χ2v) is 41.9. The lowest BCUT2D eigenvalue weighted by atomic mass is 10.5. The van der Waals surface area contributed by atoms with Crippen molar-refractivity contribution < 1.29 is 196 Å². The molecular formula is C63H135Cl18N18O18P9. The Morgan fingerprint density at radius 3 is 0.770 bits per heavy atom. The summed E-state index contributed by atoms with van der Waals surface area (Å²) in [5.74, 6) is -52.2. The van der Waals surface area contributed by atoms with Crippen molar-refractivity contribution in [3.63, 3.8) is 0 Å². The Morgan fingerprint density at radius 2 is 0.452 bits per heavy atom. The maximum absolute atomic E-state index is 13.3. The molecule has 9 N–H and O–H groups in total. The molecule has 0 radical (unpaired) electrons. The largest absolute Gasteiger partial charge is 0.343 e. The van der Waals surface area contributed by atoms with Gasteiger partial charge in [-0.3, -0.25) is 41.1 Å². The summed E-state index contributed by atoms with van der Waals surface area (Å²) in [6, 6.07) is 0. The molecule has 0 spiro atoms. The standard InChI is InChI=1S/9C7H15Cl2N2O2P/c9*8-2-5-11(6-3-9)14(12)10-4-1-7-13-14/h9*1-7H2,(H,10,12)/i2*1D2,2D2,3D2,4D2,5D2,7D2;1D2,2D2,3D2,5D2,7D2;2*2D2,3D2,4D2,5D2;2*1D2,2D2,3D2,5D2;2*2D2,3D2,5D2/hD5. The van der Waals surface area contributed by atoms with Crippen LogP contribution in [0.15, 0.2) is 0 Å². The summed E-state index contributed by atoms with van der Waals surface area (Å²) >= 11 is 96.6. The predicted molar refractivity (Wildman–Crippen MR) is 533 cm³/mol. The maximum atomic E-state index is 13.3. The molecule has 0 amide bonds. The van der Waals surface area contributed by atoms with Gasteiger partial charge in [0.1, 0.15) is 7.06 Å². The summed E-state index contributed by atoms with van der Waals surface area (Å²) in [6.45, 7) is -66.0. The van der Waals surface area contributed by atoms with Crippen LogP contribution in [-0.2, 0) is 81.8 Å². The Hall–Kier alpha value is 6.21. The Kier molecular flexibility index (Phi) is 30.7. The SMILES string of the molecule is [2H]C([2H])(Cl)CN(C([2H])([2H])C([2H])([2H])Cl)P1(=O)NC([2H])([2H])C([2H])([2H])C([2H])([2H])O1.[2H]C([2H])(Cl)CN(C([2H])([2H])C([2H])([2H])Cl)P1(=O)NC([2H])([2H])CCO1.[2H]C([2H])(Cl)CN(C([2H])([2H])C([2H])([2H])Cl)P1(=O)NCC([2H])([2H])CO1.[2H]C([2H])(Cl)CN(C([2H])([2H])C([2H])([2H])Cl)P1(=O)NCCCO1.[2H]N1C([2H])([2H])C([2H])([2H])C([2H])([2H])OP1(=O)N(CC([2H])([2H])Cl)C([2H])([2H])C([2H])([2H])Cl.[2H]N1C([2H])([2H])CCOP1(=O)N(CC([2H])([2H])Cl)C([2H])([2H])C([2H])([2H])Cl.[2H]N1CC([2H])([2H])C([2H])([2H])OP1(=O)N(CC([2H])([2H])Cl)C([2H])([2H])C([2H])([2H])Cl.[2H]N1CC([2H])([2H])COP1(=O)N(CC([2H])([2H])Cl)C([2H])([2H])C([2H])([2H])Cl.[2H]N1CCCOP1(=O)N(CC([2H])([2H])Cl)C([2H])([2H])C([2H])([2H])Cl. The molecule has 63 heteroatoms. The summed E-state index contributed by atoms with van der Waals surface area (Å²) in [5.41, 5.74) is 0. The van der Waals surface area contributed by atoms with E-state index in [4.69, 9.17) is 350 Å². The van der Waals surface area contributed by atoms with Crippen LogP contribution >= 0.6 is 278 Å². The molecule has 9 saturated heterocycles. The minimum Gasteiger partial charge on any atom is -0.306 e. The van der Waals surface area contributed by atoms with Gasteiger partial charge in [0.25, 0.3) is 0 Å². The number of halogens is 18. The van der Waals surface area contributed by atoms with Crippen LogP contribution in [0.2, 0.25) is 7.06 Å². The molecule has 0 saturated carbocycles. The predicted octanol–water partition coefficient (Wildman–Crippen LogP) is 17.0. The number of hydrogen-bond donors (Lipinski definition) is 9. The van der Waals surface area contributed by atoms with Gasteiger partial charge < -0.3 is 40.7 Å². The Balaban J connectivity index is 0.00000118. The van der Waals surface area contributed by atoms with Gasteiger partial charge in [-0.25, -0.2) is 87.8 Å². The fraction of sp³-hybridized carbons (Fsp3) is 1.00. The van der Waals surface area contributed by atoms with Crippen molar-refractivity contribution in [3.05, 3.63) is 0 Å². The summed E-state index contributed by atoms with van der Waals surface area (Å²) in [4.78, 5) is 0. The van der Waals surface area contributed by atoms with Crippen LogP contribution in [0.3, 0.4) is 0 Å². The first-order valence-electron chi connectivity index (χ1n) is 73.6. The lowest BCUT2D eigenvalue weighted by molar-refractivity contribution is 0.232. The number of alkyl halides is 18. The van der Waals surface area contributed by atoms with Crippen molar-refractivity contribution in [1.82, 2.24) is 87.8 Å².